The Kier molecular flexibility index (Phi) is 3.87. The van der Waals surface area contributed by atoms with Crippen molar-refractivity contribution in [3.8, 4) is 0 Å². The number of hydrogen-bond donors (Lipinski definition) is 1. The standard InChI is InChI=1S/C15H22N2O4/c18-13-6-5-10-9-16(7-8-17(10)13)14(19)11-3-1-2-4-12(11)15(20)21/h10-12H,1-9H2,(H,20,21)/t10?,11-,12+/m1/s1. The highest BCUT2D eigenvalue weighted by molar-refractivity contribution is 5.85. The van der Waals surface area contributed by atoms with Gasteiger partial charge in [0.2, 0.25) is 11.8 Å². The zero-order chi connectivity index (χ0) is 15.0. The molecule has 0 aromatic heterocycles. The van der Waals surface area contributed by atoms with E-state index in [1.807, 2.05) is 4.90 Å². The molecule has 1 saturated carbocycles. The summed E-state index contributed by atoms with van der Waals surface area (Å²) in [6.07, 6.45) is 4.50. The van der Waals surface area contributed by atoms with Crippen LogP contribution in [0.2, 0.25) is 0 Å². The molecule has 0 aromatic carbocycles. The molecule has 21 heavy (non-hydrogen) atoms. The highest BCUT2D eigenvalue weighted by Crippen LogP contribution is 2.33. The Hall–Kier alpha value is -1.59. The molecular weight excluding hydrogens is 272 g/mol. The number of fused-ring (bicyclic) bond motifs is 1. The van der Waals surface area contributed by atoms with E-state index in [4.69, 9.17) is 0 Å². The van der Waals surface area contributed by atoms with Gasteiger partial charge < -0.3 is 14.9 Å². The average Bonchev–Trinajstić information content (AvgIpc) is 2.87. The summed E-state index contributed by atoms with van der Waals surface area (Å²) >= 11 is 0. The molecule has 1 N–H and O–H groups in total. The van der Waals surface area contributed by atoms with Crippen LogP contribution in [0.5, 0.6) is 0 Å². The van der Waals surface area contributed by atoms with Gasteiger partial charge in [-0.25, -0.2) is 0 Å². The van der Waals surface area contributed by atoms with E-state index in [1.54, 1.807) is 4.90 Å². The van der Waals surface area contributed by atoms with Gasteiger partial charge >= 0.3 is 5.97 Å². The molecule has 3 rings (SSSR count). The minimum Gasteiger partial charge on any atom is -0.481 e. The van der Waals surface area contributed by atoms with Gasteiger partial charge in [0.15, 0.2) is 0 Å². The van der Waals surface area contributed by atoms with Crippen molar-refractivity contribution in [2.24, 2.45) is 11.8 Å². The Morgan fingerprint density at radius 2 is 1.76 bits per heavy atom. The average molecular weight is 294 g/mol. The van der Waals surface area contributed by atoms with E-state index in [0.717, 1.165) is 19.3 Å². The maximum absolute atomic E-state index is 12.7. The van der Waals surface area contributed by atoms with Crippen molar-refractivity contribution in [1.29, 1.82) is 0 Å². The summed E-state index contributed by atoms with van der Waals surface area (Å²) < 4.78 is 0. The molecule has 2 saturated heterocycles. The molecule has 2 aliphatic heterocycles. The van der Waals surface area contributed by atoms with Crippen LogP contribution in [-0.4, -0.2) is 58.4 Å². The summed E-state index contributed by atoms with van der Waals surface area (Å²) in [7, 11) is 0. The molecule has 0 aromatic rings. The Morgan fingerprint density at radius 3 is 2.48 bits per heavy atom. The van der Waals surface area contributed by atoms with Gasteiger partial charge in [0.05, 0.1) is 11.8 Å². The fourth-order valence-electron chi connectivity index (χ4n) is 4.02. The first-order chi connectivity index (χ1) is 10.1. The summed E-state index contributed by atoms with van der Waals surface area (Å²) in [5.41, 5.74) is 0. The molecule has 0 radical (unpaired) electrons. The second kappa shape index (κ2) is 5.66. The summed E-state index contributed by atoms with van der Waals surface area (Å²) in [5.74, 6) is -1.58. The molecule has 6 nitrogen and oxygen atoms in total. The van der Waals surface area contributed by atoms with Crippen molar-refractivity contribution in [1.82, 2.24) is 9.80 Å². The Morgan fingerprint density at radius 1 is 1.05 bits per heavy atom. The van der Waals surface area contributed by atoms with Crippen LogP contribution in [0.25, 0.3) is 0 Å². The van der Waals surface area contributed by atoms with E-state index in [0.29, 0.717) is 38.9 Å². The summed E-state index contributed by atoms with van der Waals surface area (Å²) in [5, 5.41) is 9.32. The molecule has 1 unspecified atom stereocenters. The third-order valence-electron chi connectivity index (χ3n) is 5.21. The third kappa shape index (κ3) is 2.63. The minimum absolute atomic E-state index is 0.0129. The van der Waals surface area contributed by atoms with Gasteiger partial charge in [-0.3, -0.25) is 14.4 Å². The molecule has 3 aliphatic rings. The maximum atomic E-state index is 12.7. The summed E-state index contributed by atoms with van der Waals surface area (Å²) in [6.45, 7) is 1.72. The molecule has 0 bridgehead atoms. The predicted molar refractivity (Wildman–Crippen MR) is 74.4 cm³/mol. The SMILES string of the molecule is O=C(O)[C@H]1CCCC[C@H]1C(=O)N1CCN2C(=O)CCC2C1. The van der Waals surface area contributed by atoms with E-state index in [2.05, 4.69) is 0 Å². The number of carboxylic acids is 1. The Bertz CT molecular complexity index is 465. The lowest BCUT2D eigenvalue weighted by Crippen LogP contribution is -2.55. The van der Waals surface area contributed by atoms with Crippen LogP contribution < -0.4 is 0 Å². The lowest BCUT2D eigenvalue weighted by molar-refractivity contribution is -0.154. The van der Waals surface area contributed by atoms with Gasteiger partial charge in [-0.05, 0) is 19.3 Å². The second-order valence-corrected chi connectivity index (χ2v) is 6.40. The fraction of sp³-hybridized carbons (Fsp3) is 0.800. The van der Waals surface area contributed by atoms with Gasteiger partial charge in [0, 0.05) is 32.1 Å². The zero-order valence-electron chi connectivity index (χ0n) is 12.2. The summed E-state index contributed by atoms with van der Waals surface area (Å²) in [4.78, 5) is 39.4. The second-order valence-electron chi connectivity index (χ2n) is 6.40. The van der Waals surface area contributed by atoms with Crippen molar-refractivity contribution in [3.05, 3.63) is 0 Å². The molecule has 116 valence electrons. The van der Waals surface area contributed by atoms with Crippen LogP contribution in [0.3, 0.4) is 0 Å². The van der Waals surface area contributed by atoms with Crippen molar-refractivity contribution in [2.45, 2.75) is 44.6 Å². The number of rotatable bonds is 2. The largest absolute Gasteiger partial charge is 0.481 e. The predicted octanol–water partition coefficient (Wildman–Crippen LogP) is 0.711. The molecule has 3 atom stereocenters. The highest BCUT2D eigenvalue weighted by atomic mass is 16.4. The van der Waals surface area contributed by atoms with Crippen LogP contribution >= 0.6 is 0 Å². The molecule has 2 heterocycles. The number of carboxylic acid groups (broad SMARTS) is 1. The number of hydrogen-bond acceptors (Lipinski definition) is 3. The van der Waals surface area contributed by atoms with Crippen molar-refractivity contribution in [2.75, 3.05) is 19.6 Å². The minimum atomic E-state index is -0.845. The number of aliphatic carboxylic acids is 1. The van der Waals surface area contributed by atoms with Crippen LogP contribution in [0.15, 0.2) is 0 Å². The van der Waals surface area contributed by atoms with Gasteiger partial charge in [-0.2, -0.15) is 0 Å². The van der Waals surface area contributed by atoms with Crippen molar-refractivity contribution < 1.29 is 19.5 Å². The smallest absolute Gasteiger partial charge is 0.307 e. The zero-order valence-corrected chi connectivity index (χ0v) is 12.2. The monoisotopic (exact) mass is 294 g/mol. The first kappa shape index (κ1) is 14.4. The Balaban J connectivity index is 1.67. The molecule has 0 spiro atoms. The summed E-state index contributed by atoms with van der Waals surface area (Å²) in [6, 6.07) is 0.141. The van der Waals surface area contributed by atoms with Crippen LogP contribution in [-0.2, 0) is 14.4 Å². The first-order valence-corrected chi connectivity index (χ1v) is 7.89. The normalized spacial score (nSPS) is 33.0. The number of carbonyl (C=O) groups is 3. The van der Waals surface area contributed by atoms with Crippen LogP contribution in [0.4, 0.5) is 0 Å². The Labute approximate surface area is 124 Å². The first-order valence-electron chi connectivity index (χ1n) is 7.89. The quantitative estimate of drug-likeness (QED) is 0.813. The molecule has 1 aliphatic carbocycles. The van der Waals surface area contributed by atoms with E-state index >= 15 is 0 Å². The van der Waals surface area contributed by atoms with Crippen LogP contribution in [0, 0.1) is 11.8 Å². The fourth-order valence-corrected chi connectivity index (χ4v) is 4.02. The van der Waals surface area contributed by atoms with E-state index < -0.39 is 11.9 Å². The van der Waals surface area contributed by atoms with Gasteiger partial charge in [-0.15, -0.1) is 0 Å². The molecule has 6 heteroatoms. The van der Waals surface area contributed by atoms with E-state index in [9.17, 15) is 19.5 Å². The van der Waals surface area contributed by atoms with Gasteiger partial charge in [0.1, 0.15) is 0 Å². The number of nitrogens with zero attached hydrogens (tertiary/aromatic N) is 2. The van der Waals surface area contributed by atoms with E-state index in [-0.39, 0.29) is 23.8 Å². The molecule has 3 fully saturated rings. The lowest BCUT2D eigenvalue weighted by atomic mass is 9.78. The van der Waals surface area contributed by atoms with Crippen molar-refractivity contribution in [3.63, 3.8) is 0 Å². The number of carbonyl (C=O) groups excluding carboxylic acids is 2. The topological polar surface area (TPSA) is 77.9 Å². The van der Waals surface area contributed by atoms with Crippen molar-refractivity contribution >= 4 is 17.8 Å². The molecular formula is C15H22N2O4. The number of piperazine rings is 1. The maximum Gasteiger partial charge on any atom is 0.307 e. The van der Waals surface area contributed by atoms with Crippen LogP contribution in [0.1, 0.15) is 38.5 Å². The number of amides is 2. The van der Waals surface area contributed by atoms with Gasteiger partial charge in [-0.1, -0.05) is 12.8 Å². The lowest BCUT2D eigenvalue weighted by Gasteiger charge is -2.40. The molecule has 2 amide bonds. The van der Waals surface area contributed by atoms with Gasteiger partial charge in [0.25, 0.3) is 0 Å². The third-order valence-corrected chi connectivity index (χ3v) is 5.21. The highest BCUT2D eigenvalue weighted by Gasteiger charge is 2.42. The van der Waals surface area contributed by atoms with E-state index in [1.165, 1.54) is 0 Å².